The summed E-state index contributed by atoms with van der Waals surface area (Å²) in [6.07, 6.45) is 8.34. The molecule has 2 N–H and O–H groups in total. The first kappa shape index (κ1) is 21.5. The number of hydrogen-bond acceptors (Lipinski definition) is 2. The van der Waals surface area contributed by atoms with E-state index in [1.54, 1.807) is 11.8 Å². The molecule has 2 aromatic carbocycles. The zero-order valence-electron chi connectivity index (χ0n) is 15.5. The molecule has 2 nitrogen and oxygen atoms in total. The molecule has 0 saturated carbocycles. The Hall–Kier alpha value is -0.820. The van der Waals surface area contributed by atoms with E-state index in [9.17, 15) is 0 Å². The average Bonchev–Trinajstić information content (AvgIpc) is 2.95. The zero-order valence-corrected chi connectivity index (χ0v) is 18.5. The average molecular weight is 480 g/mol. The molecule has 0 aliphatic carbocycles. The van der Waals surface area contributed by atoms with Crippen LogP contribution in [0.5, 0.6) is 0 Å². The Balaban J connectivity index is 0.00000243. The molecule has 0 radical (unpaired) electrons. The molecule has 1 aliphatic rings. The maximum absolute atomic E-state index is 6.76. The lowest BCUT2D eigenvalue weighted by Crippen LogP contribution is -3.00. The van der Waals surface area contributed by atoms with Gasteiger partial charge in [0.1, 0.15) is 5.69 Å². The van der Waals surface area contributed by atoms with Gasteiger partial charge in [0, 0.05) is 5.56 Å². The number of benzene rings is 2. The van der Waals surface area contributed by atoms with Crippen LogP contribution in [0.1, 0.15) is 44.6 Å². The SMILES string of the molecule is C=Cc1cccc2c1[N+](CCCCCCC)(c1ccccc1)C(N)S2.[I-]. The molecule has 1 heterocycles. The second-order valence-electron chi connectivity index (χ2n) is 6.75. The minimum absolute atomic E-state index is 0. The molecular formula is C22H29IN2S. The van der Waals surface area contributed by atoms with Crippen LogP contribution in [0, 0.1) is 0 Å². The number of unbranched alkanes of at least 4 members (excludes halogenated alkanes) is 4. The van der Waals surface area contributed by atoms with Crippen LogP contribution in [-0.2, 0) is 0 Å². The largest absolute Gasteiger partial charge is 1.00 e. The molecule has 0 saturated heterocycles. The minimum atomic E-state index is -0.00956. The van der Waals surface area contributed by atoms with Gasteiger partial charge in [-0.1, -0.05) is 63.1 Å². The summed E-state index contributed by atoms with van der Waals surface area (Å²) in [7, 11) is 0. The van der Waals surface area contributed by atoms with Gasteiger partial charge < -0.3 is 24.0 Å². The molecule has 0 spiro atoms. The van der Waals surface area contributed by atoms with Crippen LogP contribution in [0.4, 0.5) is 11.4 Å². The maximum Gasteiger partial charge on any atom is 0.202 e. The number of thioether (sulfide) groups is 1. The van der Waals surface area contributed by atoms with Crippen LogP contribution in [-0.4, -0.2) is 12.0 Å². The second-order valence-corrected chi connectivity index (χ2v) is 7.91. The lowest BCUT2D eigenvalue weighted by molar-refractivity contribution is -0.00000508. The summed E-state index contributed by atoms with van der Waals surface area (Å²) in [6, 6.07) is 17.3. The number of nitrogens with zero attached hydrogens (tertiary/aromatic N) is 1. The third kappa shape index (κ3) is 4.03. The molecule has 0 aromatic heterocycles. The molecule has 3 rings (SSSR count). The number of rotatable bonds is 8. The summed E-state index contributed by atoms with van der Waals surface area (Å²) in [6.45, 7) is 7.36. The lowest BCUT2D eigenvalue weighted by atomic mass is 10.1. The quantitative estimate of drug-likeness (QED) is 0.357. The van der Waals surface area contributed by atoms with Crippen LogP contribution >= 0.6 is 11.8 Å². The predicted octanol–water partition coefficient (Wildman–Crippen LogP) is 3.29. The van der Waals surface area contributed by atoms with Crippen molar-refractivity contribution in [3.05, 3.63) is 60.7 Å². The Morgan fingerprint density at radius 3 is 2.46 bits per heavy atom. The number of hydrogen-bond donors (Lipinski definition) is 1. The van der Waals surface area contributed by atoms with E-state index in [0.717, 1.165) is 11.0 Å². The summed E-state index contributed by atoms with van der Waals surface area (Å²) < 4.78 is 0.731. The molecule has 140 valence electrons. The van der Waals surface area contributed by atoms with Gasteiger partial charge in [-0.15, -0.1) is 0 Å². The van der Waals surface area contributed by atoms with Crippen molar-refractivity contribution in [1.29, 1.82) is 0 Å². The predicted molar refractivity (Wildman–Crippen MR) is 112 cm³/mol. The van der Waals surface area contributed by atoms with Crippen molar-refractivity contribution in [2.75, 3.05) is 6.54 Å². The molecule has 1 aliphatic heterocycles. The summed E-state index contributed by atoms with van der Waals surface area (Å²) in [5.41, 5.74) is 10.6. The van der Waals surface area contributed by atoms with E-state index in [0.29, 0.717) is 0 Å². The van der Waals surface area contributed by atoms with E-state index in [1.165, 1.54) is 53.9 Å². The van der Waals surface area contributed by atoms with E-state index in [4.69, 9.17) is 5.73 Å². The number of halogens is 1. The number of nitrogens with two attached hydrogens (primary N) is 1. The van der Waals surface area contributed by atoms with Crippen molar-refractivity contribution in [2.45, 2.75) is 49.4 Å². The van der Waals surface area contributed by atoms with Crippen molar-refractivity contribution in [3.63, 3.8) is 0 Å². The van der Waals surface area contributed by atoms with E-state index in [2.05, 4.69) is 62.0 Å². The molecule has 2 aromatic rings. The fourth-order valence-electron chi connectivity index (χ4n) is 3.88. The van der Waals surface area contributed by atoms with Gasteiger partial charge in [0.2, 0.25) is 5.50 Å². The number of quaternary nitrogens is 1. The Kier molecular flexibility index (Phi) is 8.20. The highest BCUT2D eigenvalue weighted by Crippen LogP contribution is 2.54. The van der Waals surface area contributed by atoms with E-state index >= 15 is 0 Å². The van der Waals surface area contributed by atoms with Gasteiger partial charge in [-0.2, -0.15) is 0 Å². The highest BCUT2D eigenvalue weighted by Gasteiger charge is 2.48. The third-order valence-electron chi connectivity index (χ3n) is 5.16. The Labute approximate surface area is 179 Å². The molecule has 0 fully saturated rings. The van der Waals surface area contributed by atoms with Crippen molar-refractivity contribution >= 4 is 29.2 Å². The maximum atomic E-state index is 6.76. The second kappa shape index (κ2) is 9.93. The third-order valence-corrected chi connectivity index (χ3v) is 6.35. The summed E-state index contributed by atoms with van der Waals surface area (Å²) in [5, 5.41) is 0. The Morgan fingerprint density at radius 1 is 1.04 bits per heavy atom. The summed E-state index contributed by atoms with van der Waals surface area (Å²) in [4.78, 5) is 1.29. The molecule has 0 amide bonds. The number of para-hydroxylation sites is 2. The smallest absolute Gasteiger partial charge is 0.202 e. The van der Waals surface area contributed by atoms with Crippen molar-refractivity contribution in [3.8, 4) is 0 Å². The van der Waals surface area contributed by atoms with Gasteiger partial charge in [0.15, 0.2) is 5.69 Å². The fourth-order valence-corrected chi connectivity index (χ4v) is 5.20. The Morgan fingerprint density at radius 2 is 1.77 bits per heavy atom. The first-order valence-corrected chi connectivity index (χ1v) is 10.2. The van der Waals surface area contributed by atoms with Crippen LogP contribution < -0.4 is 34.2 Å². The monoisotopic (exact) mass is 480 g/mol. The van der Waals surface area contributed by atoms with Gasteiger partial charge in [-0.3, -0.25) is 5.73 Å². The van der Waals surface area contributed by atoms with Crippen LogP contribution in [0.15, 0.2) is 60.0 Å². The lowest BCUT2D eigenvalue weighted by Gasteiger charge is -2.38. The van der Waals surface area contributed by atoms with Crippen LogP contribution in [0.25, 0.3) is 6.08 Å². The van der Waals surface area contributed by atoms with Gasteiger partial charge in [-0.25, -0.2) is 4.48 Å². The first-order valence-electron chi connectivity index (χ1n) is 9.35. The van der Waals surface area contributed by atoms with Crippen molar-refractivity contribution in [1.82, 2.24) is 4.48 Å². The van der Waals surface area contributed by atoms with Crippen molar-refractivity contribution in [2.24, 2.45) is 5.73 Å². The summed E-state index contributed by atoms with van der Waals surface area (Å²) >= 11 is 1.79. The van der Waals surface area contributed by atoms with Gasteiger partial charge in [0.25, 0.3) is 0 Å². The van der Waals surface area contributed by atoms with E-state index in [-0.39, 0.29) is 29.5 Å². The van der Waals surface area contributed by atoms with Gasteiger partial charge >= 0.3 is 0 Å². The topological polar surface area (TPSA) is 26.0 Å². The van der Waals surface area contributed by atoms with E-state index < -0.39 is 0 Å². The molecule has 2 atom stereocenters. The summed E-state index contributed by atoms with van der Waals surface area (Å²) in [5.74, 6) is 0. The standard InChI is InChI=1S/C22H29N2S.HI/c1-3-5-6-7-11-17-24(19-14-9-8-10-15-19)21-18(4-2)13-12-16-20(21)25-22(24)23;/h4,8-10,12-16,22H,2-3,5-7,11,17,23H2,1H3;1H/q+1;/p-1. The molecular weight excluding hydrogens is 451 g/mol. The van der Waals surface area contributed by atoms with Gasteiger partial charge in [0.05, 0.1) is 11.4 Å². The van der Waals surface area contributed by atoms with Gasteiger partial charge in [-0.05, 0) is 48.9 Å². The Bertz CT molecular complexity index is 719. The van der Waals surface area contributed by atoms with E-state index in [1.807, 2.05) is 6.08 Å². The first-order chi connectivity index (χ1) is 12.2. The van der Waals surface area contributed by atoms with Crippen LogP contribution in [0.2, 0.25) is 0 Å². The minimum Gasteiger partial charge on any atom is -1.00 e. The van der Waals surface area contributed by atoms with Crippen molar-refractivity contribution < 1.29 is 24.0 Å². The molecule has 0 bridgehead atoms. The highest BCUT2D eigenvalue weighted by atomic mass is 127. The highest BCUT2D eigenvalue weighted by molar-refractivity contribution is 8.00. The molecule has 2 unspecified atom stereocenters. The molecule has 4 heteroatoms. The molecule has 26 heavy (non-hydrogen) atoms. The normalized spacial score (nSPS) is 21.1. The number of fused-ring (bicyclic) bond motifs is 1. The fraction of sp³-hybridized carbons (Fsp3) is 0.364. The zero-order chi connectivity index (χ0) is 17.7. The van der Waals surface area contributed by atoms with Crippen LogP contribution in [0.3, 0.4) is 0 Å².